The van der Waals surface area contributed by atoms with Gasteiger partial charge in [0.2, 0.25) is 5.91 Å². The van der Waals surface area contributed by atoms with E-state index in [1.54, 1.807) is 0 Å². The van der Waals surface area contributed by atoms with E-state index in [9.17, 15) is 9.59 Å². The van der Waals surface area contributed by atoms with Gasteiger partial charge >= 0.3 is 0 Å². The van der Waals surface area contributed by atoms with Crippen LogP contribution in [0.25, 0.3) is 0 Å². The van der Waals surface area contributed by atoms with Crippen LogP contribution in [0.3, 0.4) is 0 Å². The Bertz CT molecular complexity index is 1050. The highest BCUT2D eigenvalue weighted by Crippen LogP contribution is 2.32. The molecule has 1 saturated heterocycles. The first-order valence-corrected chi connectivity index (χ1v) is 12.7. The molecule has 1 atom stereocenters. The van der Waals surface area contributed by atoms with Crippen molar-refractivity contribution in [1.29, 1.82) is 0 Å². The predicted octanol–water partition coefficient (Wildman–Crippen LogP) is 3.92. The Morgan fingerprint density at radius 2 is 1.85 bits per heavy atom. The molecule has 0 radical (unpaired) electrons. The van der Waals surface area contributed by atoms with Gasteiger partial charge in [0.05, 0.1) is 23.7 Å². The highest BCUT2D eigenvalue weighted by atomic mass is 16.2. The third-order valence-corrected chi connectivity index (χ3v) is 7.98. The maximum atomic E-state index is 13.1. The third-order valence-electron chi connectivity index (χ3n) is 7.98. The predicted molar refractivity (Wildman–Crippen MR) is 129 cm³/mol. The van der Waals surface area contributed by atoms with Crippen LogP contribution in [-0.2, 0) is 24.2 Å². The number of carbonyl (C=O) groups is 1. The number of fused-ring (bicyclic) bond motifs is 1. The van der Waals surface area contributed by atoms with Crippen molar-refractivity contribution in [3.05, 3.63) is 62.8 Å². The fourth-order valence-corrected chi connectivity index (χ4v) is 5.87. The summed E-state index contributed by atoms with van der Waals surface area (Å²) in [5, 5.41) is 0. The molecule has 2 aliphatic heterocycles. The number of aromatic amines is 1. The average Bonchev–Trinajstić information content (AvgIpc) is 3.31. The van der Waals surface area contributed by atoms with Crippen LogP contribution in [0.1, 0.15) is 79.7 Å². The van der Waals surface area contributed by atoms with Gasteiger partial charge in [-0.05, 0) is 56.9 Å². The summed E-state index contributed by atoms with van der Waals surface area (Å²) in [5.74, 6) is 1.61. The van der Waals surface area contributed by atoms with Gasteiger partial charge in [-0.2, -0.15) is 0 Å². The van der Waals surface area contributed by atoms with Crippen molar-refractivity contribution < 1.29 is 4.79 Å². The van der Waals surface area contributed by atoms with Crippen molar-refractivity contribution >= 4 is 5.91 Å². The molecule has 2 fully saturated rings. The van der Waals surface area contributed by atoms with Crippen LogP contribution in [0.5, 0.6) is 0 Å². The monoisotopic (exact) mass is 448 g/mol. The van der Waals surface area contributed by atoms with Crippen LogP contribution in [0.2, 0.25) is 0 Å². The number of H-pyrrole nitrogens is 1. The molecule has 1 aromatic carbocycles. The minimum absolute atomic E-state index is 0.0123. The second-order valence-electron chi connectivity index (χ2n) is 10.4. The van der Waals surface area contributed by atoms with Gasteiger partial charge in [0.15, 0.2) is 0 Å². The summed E-state index contributed by atoms with van der Waals surface area (Å²) in [6, 6.07) is 8.61. The molecule has 1 saturated carbocycles. The number of nitrogens with zero attached hydrogens (tertiary/aromatic N) is 3. The normalized spacial score (nSPS) is 25.8. The number of amides is 1. The van der Waals surface area contributed by atoms with Crippen LogP contribution < -0.4 is 5.56 Å². The number of likely N-dealkylation sites (tertiary alicyclic amines) is 1. The molecular formula is C27H36N4O2. The number of hydrogen-bond acceptors (Lipinski definition) is 4. The van der Waals surface area contributed by atoms with Crippen molar-refractivity contribution in [2.24, 2.45) is 5.92 Å². The largest absolute Gasteiger partial charge is 0.332 e. The zero-order valence-electron chi connectivity index (χ0n) is 20.0. The van der Waals surface area contributed by atoms with E-state index in [4.69, 9.17) is 4.98 Å². The molecule has 1 N–H and O–H groups in total. The maximum absolute atomic E-state index is 13.1. The molecule has 1 aliphatic carbocycles. The molecule has 3 heterocycles. The molecule has 3 aliphatic rings. The number of aromatic nitrogens is 2. The molecule has 1 amide bonds. The van der Waals surface area contributed by atoms with E-state index < -0.39 is 0 Å². The maximum Gasteiger partial charge on any atom is 0.255 e. The lowest BCUT2D eigenvalue weighted by atomic mass is 9.86. The summed E-state index contributed by atoms with van der Waals surface area (Å²) >= 11 is 0. The number of rotatable bonds is 4. The first-order chi connectivity index (χ1) is 16.0. The molecule has 5 rings (SSSR count). The number of aryl methyl sites for hydroxylation is 1. The Labute approximate surface area is 196 Å². The number of benzene rings is 1. The first-order valence-electron chi connectivity index (χ1n) is 12.7. The van der Waals surface area contributed by atoms with Crippen LogP contribution in [-0.4, -0.2) is 44.8 Å². The Balaban J connectivity index is 1.31. The van der Waals surface area contributed by atoms with Crippen LogP contribution in [0.15, 0.2) is 29.1 Å². The van der Waals surface area contributed by atoms with Crippen LogP contribution in [0, 0.1) is 12.8 Å². The zero-order chi connectivity index (χ0) is 22.9. The Kier molecular flexibility index (Phi) is 6.37. The minimum atomic E-state index is -0.126. The van der Waals surface area contributed by atoms with E-state index in [1.807, 2.05) is 29.2 Å². The first kappa shape index (κ1) is 22.3. The molecule has 0 bridgehead atoms. The lowest BCUT2D eigenvalue weighted by Crippen LogP contribution is -2.44. The highest BCUT2D eigenvalue weighted by molar-refractivity contribution is 5.79. The summed E-state index contributed by atoms with van der Waals surface area (Å²) in [6.45, 7) is 6.80. The summed E-state index contributed by atoms with van der Waals surface area (Å²) < 4.78 is 0. The molecule has 0 unspecified atom stereocenters. The quantitative estimate of drug-likeness (QED) is 0.770. The van der Waals surface area contributed by atoms with Crippen LogP contribution >= 0.6 is 0 Å². The fourth-order valence-electron chi connectivity index (χ4n) is 5.87. The van der Waals surface area contributed by atoms with Crippen molar-refractivity contribution in [2.45, 2.75) is 83.8 Å². The van der Waals surface area contributed by atoms with Gasteiger partial charge < -0.3 is 9.88 Å². The van der Waals surface area contributed by atoms with Gasteiger partial charge in [-0.1, -0.05) is 36.8 Å². The average molecular weight is 449 g/mol. The van der Waals surface area contributed by atoms with E-state index in [1.165, 1.54) is 31.2 Å². The van der Waals surface area contributed by atoms with E-state index in [2.05, 4.69) is 23.7 Å². The van der Waals surface area contributed by atoms with Crippen LogP contribution in [0.4, 0.5) is 0 Å². The lowest BCUT2D eigenvalue weighted by molar-refractivity contribution is -0.131. The standard InChI is InChI=1S/C27H36N4O2/c1-18-5-9-20(10-6-18)16-25(32)31-14-3-4-24(31)26-28-23-13-15-30(17-22(23)27(33)29-26)21-11-7-19(2)8-12-21/h5-6,9-10,19,21,24H,3-4,7-8,11-17H2,1-2H3,(H,28,29,33)/t19?,21?,24-/m0/s1. The van der Waals surface area contributed by atoms with Gasteiger partial charge in [0.25, 0.3) is 5.56 Å². The second kappa shape index (κ2) is 9.41. The van der Waals surface area contributed by atoms with Crippen molar-refractivity contribution in [3.63, 3.8) is 0 Å². The summed E-state index contributed by atoms with van der Waals surface area (Å²) in [4.78, 5) is 38.6. The summed E-state index contributed by atoms with van der Waals surface area (Å²) in [7, 11) is 0. The topological polar surface area (TPSA) is 69.3 Å². The SMILES string of the molecule is Cc1ccc(CC(=O)N2CCC[C@H]2c2nc3c(c(=O)[nH]2)CN(C2CCC(C)CC2)CC3)cc1. The summed E-state index contributed by atoms with van der Waals surface area (Å²) in [6.07, 6.45) is 8.06. The summed E-state index contributed by atoms with van der Waals surface area (Å²) in [5.41, 5.74) is 3.98. The Hall–Kier alpha value is -2.47. The molecule has 6 nitrogen and oxygen atoms in total. The Morgan fingerprint density at radius 1 is 1.09 bits per heavy atom. The molecule has 1 aromatic heterocycles. The van der Waals surface area contributed by atoms with Crippen molar-refractivity contribution in [3.8, 4) is 0 Å². The van der Waals surface area contributed by atoms with Gasteiger partial charge in [-0.3, -0.25) is 14.5 Å². The molecule has 2 aromatic rings. The van der Waals surface area contributed by atoms with E-state index in [0.717, 1.165) is 55.1 Å². The van der Waals surface area contributed by atoms with Gasteiger partial charge in [-0.25, -0.2) is 4.98 Å². The minimum Gasteiger partial charge on any atom is -0.332 e. The van der Waals surface area contributed by atoms with Crippen molar-refractivity contribution in [2.75, 3.05) is 13.1 Å². The third kappa shape index (κ3) is 4.77. The molecule has 176 valence electrons. The van der Waals surface area contributed by atoms with Crippen molar-refractivity contribution in [1.82, 2.24) is 19.8 Å². The Morgan fingerprint density at radius 3 is 2.61 bits per heavy atom. The number of nitrogens with one attached hydrogen (secondary N) is 1. The van der Waals surface area contributed by atoms with E-state index >= 15 is 0 Å². The van der Waals surface area contributed by atoms with E-state index in [-0.39, 0.29) is 17.5 Å². The van der Waals surface area contributed by atoms with Gasteiger partial charge in [0, 0.05) is 32.1 Å². The highest BCUT2D eigenvalue weighted by Gasteiger charge is 2.34. The second-order valence-corrected chi connectivity index (χ2v) is 10.4. The fraction of sp³-hybridized carbons (Fsp3) is 0.593. The molecule has 33 heavy (non-hydrogen) atoms. The van der Waals surface area contributed by atoms with Gasteiger partial charge in [-0.15, -0.1) is 0 Å². The molecule has 6 heteroatoms. The van der Waals surface area contributed by atoms with Gasteiger partial charge in [0.1, 0.15) is 5.82 Å². The molecule has 0 spiro atoms. The zero-order valence-corrected chi connectivity index (χ0v) is 20.0. The number of carbonyl (C=O) groups excluding carboxylic acids is 1. The van der Waals surface area contributed by atoms with E-state index in [0.29, 0.717) is 24.8 Å². The smallest absolute Gasteiger partial charge is 0.255 e. The number of hydrogen-bond donors (Lipinski definition) is 1. The lowest BCUT2D eigenvalue weighted by Gasteiger charge is -2.38. The molecular weight excluding hydrogens is 412 g/mol.